The van der Waals surface area contributed by atoms with Crippen molar-refractivity contribution < 1.29 is 4.79 Å². The maximum absolute atomic E-state index is 11.6. The Labute approximate surface area is 81.2 Å². The molecule has 13 heavy (non-hydrogen) atoms. The average molecular weight is 180 g/mol. The lowest BCUT2D eigenvalue weighted by Gasteiger charge is -2.18. The molecule has 0 radical (unpaired) electrons. The normalized spacial score (nSPS) is 22.6. The summed E-state index contributed by atoms with van der Waals surface area (Å²) in [6, 6.07) is 0. The smallest absolute Gasteiger partial charge is 0.136 e. The van der Waals surface area contributed by atoms with E-state index in [-0.39, 0.29) is 0 Å². The molecule has 1 rings (SSSR count). The van der Waals surface area contributed by atoms with E-state index in [1.165, 1.54) is 5.57 Å². The number of hydrogen-bond acceptors (Lipinski definition) is 1. The van der Waals surface area contributed by atoms with Crippen LogP contribution in [0.4, 0.5) is 0 Å². The predicted molar refractivity (Wildman–Crippen MR) is 55.6 cm³/mol. The standard InChI is InChI=1S/C12H20O/c1-3-4-5-12(13)11-8-6-10(2)7-9-11/h6,11H,3-5,7-9H2,1-2H3/t11-/m1/s1. The molecule has 0 N–H and O–H groups in total. The highest BCUT2D eigenvalue weighted by molar-refractivity contribution is 5.81. The molecule has 1 atom stereocenters. The zero-order chi connectivity index (χ0) is 9.68. The van der Waals surface area contributed by atoms with Crippen LogP contribution >= 0.6 is 0 Å². The maximum atomic E-state index is 11.6. The molecule has 0 amide bonds. The van der Waals surface area contributed by atoms with Crippen LogP contribution in [0.2, 0.25) is 0 Å². The minimum Gasteiger partial charge on any atom is -0.299 e. The van der Waals surface area contributed by atoms with Crippen molar-refractivity contribution in [1.29, 1.82) is 0 Å². The quantitative estimate of drug-likeness (QED) is 0.605. The van der Waals surface area contributed by atoms with Gasteiger partial charge >= 0.3 is 0 Å². The van der Waals surface area contributed by atoms with Gasteiger partial charge in [0.1, 0.15) is 5.78 Å². The van der Waals surface area contributed by atoms with Gasteiger partial charge in [-0.15, -0.1) is 0 Å². The Kier molecular flexibility index (Phi) is 4.20. The van der Waals surface area contributed by atoms with E-state index >= 15 is 0 Å². The predicted octanol–water partition coefficient (Wildman–Crippen LogP) is 3.49. The molecule has 1 aliphatic carbocycles. The summed E-state index contributed by atoms with van der Waals surface area (Å²) in [6.07, 6.45) is 8.44. The SMILES string of the molecule is CCCCC(=O)[C@@H]1CC=C(C)CC1. The van der Waals surface area contributed by atoms with Gasteiger partial charge in [0, 0.05) is 12.3 Å². The summed E-state index contributed by atoms with van der Waals surface area (Å²) in [5.74, 6) is 0.834. The number of carbonyl (C=O) groups is 1. The van der Waals surface area contributed by atoms with Crippen LogP contribution in [0.3, 0.4) is 0 Å². The summed E-state index contributed by atoms with van der Waals surface area (Å²) in [7, 11) is 0. The first-order valence-corrected chi connectivity index (χ1v) is 5.42. The summed E-state index contributed by atoms with van der Waals surface area (Å²) in [5.41, 5.74) is 1.46. The molecule has 1 aliphatic rings. The van der Waals surface area contributed by atoms with Crippen molar-refractivity contribution in [3.8, 4) is 0 Å². The van der Waals surface area contributed by atoms with Gasteiger partial charge in [-0.25, -0.2) is 0 Å². The Balaban J connectivity index is 2.32. The maximum Gasteiger partial charge on any atom is 0.136 e. The van der Waals surface area contributed by atoms with Crippen LogP contribution in [-0.4, -0.2) is 5.78 Å². The molecule has 0 saturated heterocycles. The summed E-state index contributed by atoms with van der Waals surface area (Å²) >= 11 is 0. The topological polar surface area (TPSA) is 17.1 Å². The van der Waals surface area contributed by atoms with Crippen molar-refractivity contribution in [3.63, 3.8) is 0 Å². The molecule has 0 aliphatic heterocycles. The fourth-order valence-corrected chi connectivity index (χ4v) is 1.81. The molecule has 0 aromatic carbocycles. The zero-order valence-electron chi connectivity index (χ0n) is 8.81. The summed E-state index contributed by atoms with van der Waals surface area (Å²) in [4.78, 5) is 11.6. The minimum atomic E-state index is 0.343. The number of carbonyl (C=O) groups excluding carboxylic acids is 1. The van der Waals surface area contributed by atoms with Gasteiger partial charge in [0.15, 0.2) is 0 Å². The Morgan fingerprint density at radius 3 is 2.92 bits per heavy atom. The average Bonchev–Trinajstić information content (AvgIpc) is 2.15. The van der Waals surface area contributed by atoms with E-state index in [9.17, 15) is 4.79 Å². The molecule has 1 heteroatoms. The van der Waals surface area contributed by atoms with Gasteiger partial charge in [-0.1, -0.05) is 25.0 Å². The van der Waals surface area contributed by atoms with Crippen LogP contribution in [0.25, 0.3) is 0 Å². The Bertz CT molecular complexity index is 203. The second kappa shape index (κ2) is 5.21. The summed E-state index contributed by atoms with van der Waals surface area (Å²) < 4.78 is 0. The van der Waals surface area contributed by atoms with Gasteiger partial charge in [0.05, 0.1) is 0 Å². The van der Waals surface area contributed by atoms with E-state index in [4.69, 9.17) is 0 Å². The molecule has 74 valence electrons. The molecule has 0 saturated carbocycles. The van der Waals surface area contributed by atoms with Gasteiger partial charge in [0.2, 0.25) is 0 Å². The third-order valence-electron chi connectivity index (χ3n) is 2.87. The number of rotatable bonds is 4. The lowest BCUT2D eigenvalue weighted by Crippen LogP contribution is -2.16. The molecule has 0 spiro atoms. The first-order valence-electron chi connectivity index (χ1n) is 5.42. The monoisotopic (exact) mass is 180 g/mol. The van der Waals surface area contributed by atoms with Crippen molar-refractivity contribution in [3.05, 3.63) is 11.6 Å². The number of allylic oxidation sites excluding steroid dienone is 2. The van der Waals surface area contributed by atoms with Crippen LogP contribution in [0, 0.1) is 5.92 Å². The Hall–Kier alpha value is -0.590. The molecule has 1 nitrogen and oxygen atoms in total. The fraction of sp³-hybridized carbons (Fsp3) is 0.750. The second-order valence-electron chi connectivity index (χ2n) is 4.09. The van der Waals surface area contributed by atoms with E-state index in [0.717, 1.165) is 38.5 Å². The van der Waals surface area contributed by atoms with E-state index in [0.29, 0.717) is 11.7 Å². The highest BCUT2D eigenvalue weighted by atomic mass is 16.1. The van der Waals surface area contributed by atoms with Crippen molar-refractivity contribution in [2.24, 2.45) is 5.92 Å². The molecule has 0 unspecified atom stereocenters. The summed E-state index contributed by atoms with van der Waals surface area (Å²) in [6.45, 7) is 4.30. The van der Waals surface area contributed by atoms with Gasteiger partial charge < -0.3 is 0 Å². The first-order chi connectivity index (χ1) is 6.24. The van der Waals surface area contributed by atoms with E-state index < -0.39 is 0 Å². The third kappa shape index (κ3) is 3.33. The van der Waals surface area contributed by atoms with E-state index in [2.05, 4.69) is 19.9 Å². The third-order valence-corrected chi connectivity index (χ3v) is 2.87. The molecule has 0 bridgehead atoms. The fourth-order valence-electron chi connectivity index (χ4n) is 1.81. The number of Topliss-reactive ketones (excluding diaryl/α,β-unsaturated/α-hetero) is 1. The molecule has 0 aromatic rings. The van der Waals surface area contributed by atoms with Gasteiger partial charge in [-0.2, -0.15) is 0 Å². The number of ketones is 1. The van der Waals surface area contributed by atoms with Crippen molar-refractivity contribution in [1.82, 2.24) is 0 Å². The van der Waals surface area contributed by atoms with Gasteiger partial charge in [-0.3, -0.25) is 4.79 Å². The molecule has 0 heterocycles. The van der Waals surface area contributed by atoms with Crippen LogP contribution in [0.1, 0.15) is 52.4 Å². The van der Waals surface area contributed by atoms with Crippen LogP contribution < -0.4 is 0 Å². The molecular formula is C12H20O. The highest BCUT2D eigenvalue weighted by Gasteiger charge is 2.19. The first kappa shape index (κ1) is 10.5. The van der Waals surface area contributed by atoms with Crippen LogP contribution in [0.15, 0.2) is 11.6 Å². The van der Waals surface area contributed by atoms with E-state index in [1.807, 2.05) is 0 Å². The highest BCUT2D eigenvalue weighted by Crippen LogP contribution is 2.25. The number of hydrogen-bond donors (Lipinski definition) is 0. The van der Waals surface area contributed by atoms with Crippen molar-refractivity contribution in [2.45, 2.75) is 52.4 Å². The lowest BCUT2D eigenvalue weighted by molar-refractivity contribution is -0.123. The Morgan fingerprint density at radius 1 is 1.62 bits per heavy atom. The molecular weight excluding hydrogens is 160 g/mol. The van der Waals surface area contributed by atoms with Crippen molar-refractivity contribution in [2.75, 3.05) is 0 Å². The van der Waals surface area contributed by atoms with Gasteiger partial charge in [-0.05, 0) is 32.6 Å². The van der Waals surface area contributed by atoms with Crippen molar-refractivity contribution >= 4 is 5.78 Å². The molecule has 0 fully saturated rings. The largest absolute Gasteiger partial charge is 0.299 e. The zero-order valence-corrected chi connectivity index (χ0v) is 8.81. The number of unbranched alkanes of at least 4 members (excludes halogenated alkanes) is 1. The Morgan fingerprint density at radius 2 is 2.38 bits per heavy atom. The van der Waals surface area contributed by atoms with Crippen LogP contribution in [0.5, 0.6) is 0 Å². The van der Waals surface area contributed by atoms with Gasteiger partial charge in [0.25, 0.3) is 0 Å². The van der Waals surface area contributed by atoms with E-state index in [1.54, 1.807) is 0 Å². The summed E-state index contributed by atoms with van der Waals surface area (Å²) in [5, 5.41) is 0. The van der Waals surface area contributed by atoms with Crippen LogP contribution in [-0.2, 0) is 4.79 Å². The second-order valence-corrected chi connectivity index (χ2v) is 4.09. The molecule has 0 aromatic heterocycles. The minimum absolute atomic E-state index is 0.343. The lowest BCUT2D eigenvalue weighted by atomic mass is 9.86.